The molecule has 0 spiro atoms. The molecule has 0 saturated carbocycles. The summed E-state index contributed by atoms with van der Waals surface area (Å²) in [5.41, 5.74) is 4.23. The predicted molar refractivity (Wildman–Crippen MR) is 99.4 cm³/mol. The Morgan fingerprint density at radius 1 is 1.00 bits per heavy atom. The van der Waals surface area contributed by atoms with Crippen molar-refractivity contribution in [2.75, 3.05) is 19.5 Å². The number of ether oxygens (including phenoxy) is 2. The quantitative estimate of drug-likeness (QED) is 0.875. The van der Waals surface area contributed by atoms with Crippen LogP contribution >= 0.6 is 0 Å². The number of carbonyl (C=O) groups is 1. The molecule has 1 N–H and O–H groups in total. The van der Waals surface area contributed by atoms with Crippen LogP contribution in [-0.4, -0.2) is 20.0 Å². The van der Waals surface area contributed by atoms with E-state index in [0.717, 1.165) is 28.9 Å². The molecule has 0 bridgehead atoms. The molecule has 1 aliphatic rings. The van der Waals surface area contributed by atoms with Gasteiger partial charge in [-0.05, 0) is 48.6 Å². The van der Waals surface area contributed by atoms with Crippen molar-refractivity contribution < 1.29 is 14.3 Å². The van der Waals surface area contributed by atoms with Gasteiger partial charge in [-0.15, -0.1) is 0 Å². The smallest absolute Gasteiger partial charge is 0.160 e. The molecule has 0 radical (unpaired) electrons. The van der Waals surface area contributed by atoms with E-state index in [-0.39, 0.29) is 11.7 Å². The van der Waals surface area contributed by atoms with Crippen LogP contribution in [0.4, 0.5) is 5.69 Å². The number of rotatable bonds is 5. The van der Waals surface area contributed by atoms with Crippen molar-refractivity contribution in [1.82, 2.24) is 0 Å². The zero-order valence-corrected chi connectivity index (χ0v) is 14.8. The molecule has 0 saturated heterocycles. The van der Waals surface area contributed by atoms with Crippen molar-refractivity contribution in [2.45, 2.75) is 25.7 Å². The maximum atomic E-state index is 12.2. The second-order valence-corrected chi connectivity index (χ2v) is 6.30. The van der Waals surface area contributed by atoms with E-state index < -0.39 is 0 Å². The first kappa shape index (κ1) is 17.1. The predicted octanol–water partition coefficient (Wildman–Crippen LogP) is 4.45. The average Bonchev–Trinajstić information content (AvgIpc) is 2.62. The summed E-state index contributed by atoms with van der Waals surface area (Å²) in [4.78, 5) is 12.2. The van der Waals surface area contributed by atoms with Gasteiger partial charge in [-0.2, -0.15) is 0 Å². The summed E-state index contributed by atoms with van der Waals surface area (Å²) in [5, 5.41) is 3.41. The molecule has 130 valence electrons. The van der Waals surface area contributed by atoms with Crippen molar-refractivity contribution in [3.05, 3.63) is 65.4 Å². The highest BCUT2D eigenvalue weighted by atomic mass is 16.5. The Labute approximate surface area is 148 Å². The average molecular weight is 337 g/mol. The fourth-order valence-corrected chi connectivity index (χ4v) is 3.21. The molecule has 4 heteroatoms. The normalized spacial score (nSPS) is 17.0. The highest BCUT2D eigenvalue weighted by molar-refractivity contribution is 5.92. The maximum Gasteiger partial charge on any atom is 0.160 e. The summed E-state index contributed by atoms with van der Waals surface area (Å²) < 4.78 is 10.7. The molecular weight excluding hydrogens is 314 g/mol. The molecular formula is C21H23NO3. The Morgan fingerprint density at radius 2 is 1.76 bits per heavy atom. The highest BCUT2D eigenvalue weighted by Gasteiger charge is 2.23. The molecule has 0 aliphatic heterocycles. The van der Waals surface area contributed by atoms with E-state index >= 15 is 0 Å². The second-order valence-electron chi connectivity index (χ2n) is 6.30. The van der Waals surface area contributed by atoms with Gasteiger partial charge in [0.1, 0.15) is 0 Å². The number of ketones is 1. The number of nitrogens with one attached hydrogen (secondary N) is 1. The number of hydrogen-bond donors (Lipinski definition) is 1. The minimum atomic E-state index is 0.129. The van der Waals surface area contributed by atoms with Gasteiger partial charge in [0.15, 0.2) is 17.3 Å². The molecule has 0 aromatic heterocycles. The monoisotopic (exact) mass is 337 g/mol. The van der Waals surface area contributed by atoms with Crippen LogP contribution in [0, 0.1) is 6.92 Å². The molecule has 1 atom stereocenters. The molecule has 1 unspecified atom stereocenters. The van der Waals surface area contributed by atoms with E-state index in [2.05, 4.69) is 18.3 Å². The van der Waals surface area contributed by atoms with Crippen molar-refractivity contribution in [2.24, 2.45) is 0 Å². The van der Waals surface area contributed by atoms with E-state index in [1.807, 2.05) is 36.4 Å². The molecule has 1 aliphatic carbocycles. The summed E-state index contributed by atoms with van der Waals surface area (Å²) in [5.74, 6) is 1.66. The van der Waals surface area contributed by atoms with Gasteiger partial charge in [-0.3, -0.25) is 4.79 Å². The van der Waals surface area contributed by atoms with Crippen LogP contribution in [-0.2, 0) is 4.79 Å². The fourth-order valence-electron chi connectivity index (χ4n) is 3.21. The van der Waals surface area contributed by atoms with Gasteiger partial charge >= 0.3 is 0 Å². The van der Waals surface area contributed by atoms with E-state index in [1.54, 1.807) is 20.3 Å². The molecule has 3 rings (SSSR count). The number of allylic oxidation sites excluding steroid dienone is 2. The SMILES string of the molecule is COc1ccc(C2CC(=O)C=C(Nc3ccccc3C)C2)cc1OC. The van der Waals surface area contributed by atoms with E-state index in [4.69, 9.17) is 9.47 Å². The van der Waals surface area contributed by atoms with Crippen LogP contribution < -0.4 is 14.8 Å². The number of aryl methyl sites for hydroxylation is 1. The first-order valence-corrected chi connectivity index (χ1v) is 8.38. The van der Waals surface area contributed by atoms with Crippen LogP contribution in [0.1, 0.15) is 29.9 Å². The lowest BCUT2D eigenvalue weighted by molar-refractivity contribution is -0.115. The molecule has 0 amide bonds. The number of methoxy groups -OCH3 is 2. The summed E-state index contributed by atoms with van der Waals surface area (Å²) >= 11 is 0. The zero-order valence-electron chi connectivity index (χ0n) is 14.8. The Morgan fingerprint density at radius 3 is 2.48 bits per heavy atom. The largest absolute Gasteiger partial charge is 0.493 e. The van der Waals surface area contributed by atoms with E-state index in [0.29, 0.717) is 17.9 Å². The lowest BCUT2D eigenvalue weighted by Gasteiger charge is -2.24. The fraction of sp³-hybridized carbons (Fsp3) is 0.286. The van der Waals surface area contributed by atoms with E-state index in [1.165, 1.54) is 0 Å². The Bertz CT molecular complexity index is 811. The van der Waals surface area contributed by atoms with Crippen molar-refractivity contribution >= 4 is 11.5 Å². The number of hydrogen-bond acceptors (Lipinski definition) is 4. The van der Waals surface area contributed by atoms with Crippen molar-refractivity contribution in [3.63, 3.8) is 0 Å². The first-order valence-electron chi connectivity index (χ1n) is 8.38. The number of para-hydroxylation sites is 1. The van der Waals surface area contributed by atoms with Crippen LogP contribution in [0.2, 0.25) is 0 Å². The van der Waals surface area contributed by atoms with Gasteiger partial charge in [-0.1, -0.05) is 24.3 Å². The van der Waals surface area contributed by atoms with Gasteiger partial charge in [0.25, 0.3) is 0 Å². The zero-order chi connectivity index (χ0) is 17.8. The van der Waals surface area contributed by atoms with Crippen LogP contribution in [0.3, 0.4) is 0 Å². The van der Waals surface area contributed by atoms with Crippen molar-refractivity contribution in [3.8, 4) is 11.5 Å². The first-order chi connectivity index (χ1) is 12.1. The minimum absolute atomic E-state index is 0.129. The summed E-state index contributed by atoms with van der Waals surface area (Å²) in [7, 11) is 3.24. The minimum Gasteiger partial charge on any atom is -0.493 e. The highest BCUT2D eigenvalue weighted by Crippen LogP contribution is 2.36. The van der Waals surface area contributed by atoms with Gasteiger partial charge in [0.05, 0.1) is 14.2 Å². The Hall–Kier alpha value is -2.75. The Balaban J connectivity index is 1.82. The molecule has 2 aromatic rings. The standard InChI is InChI=1S/C21H23NO3/c1-14-6-4-5-7-19(14)22-17-10-16(11-18(23)13-17)15-8-9-20(24-2)21(12-15)25-3/h4-9,12-13,16,22H,10-11H2,1-3H3. The number of carbonyl (C=O) groups excluding carboxylic acids is 1. The molecule has 0 fully saturated rings. The summed E-state index contributed by atoms with van der Waals surface area (Å²) in [6.45, 7) is 2.05. The molecule has 0 heterocycles. The number of benzene rings is 2. The van der Waals surface area contributed by atoms with E-state index in [9.17, 15) is 4.79 Å². The van der Waals surface area contributed by atoms with Crippen molar-refractivity contribution in [1.29, 1.82) is 0 Å². The summed E-state index contributed by atoms with van der Waals surface area (Å²) in [6, 6.07) is 14.0. The topological polar surface area (TPSA) is 47.6 Å². The molecule has 25 heavy (non-hydrogen) atoms. The third-order valence-electron chi connectivity index (χ3n) is 4.57. The second kappa shape index (κ2) is 7.43. The van der Waals surface area contributed by atoms with Gasteiger partial charge in [0, 0.05) is 23.9 Å². The maximum absolute atomic E-state index is 12.2. The number of anilines is 1. The third-order valence-corrected chi connectivity index (χ3v) is 4.57. The van der Waals surface area contributed by atoms with Crippen LogP contribution in [0.25, 0.3) is 0 Å². The third kappa shape index (κ3) is 3.85. The lowest BCUT2D eigenvalue weighted by Crippen LogP contribution is -2.17. The lowest BCUT2D eigenvalue weighted by atomic mass is 9.85. The van der Waals surface area contributed by atoms with Crippen LogP contribution in [0.15, 0.2) is 54.2 Å². The van der Waals surface area contributed by atoms with Gasteiger partial charge < -0.3 is 14.8 Å². The molecule has 2 aromatic carbocycles. The van der Waals surface area contributed by atoms with Crippen LogP contribution in [0.5, 0.6) is 11.5 Å². The Kier molecular flexibility index (Phi) is 5.08. The molecule has 4 nitrogen and oxygen atoms in total. The van der Waals surface area contributed by atoms with Gasteiger partial charge in [-0.25, -0.2) is 0 Å². The van der Waals surface area contributed by atoms with Gasteiger partial charge in [0.2, 0.25) is 0 Å². The summed E-state index contributed by atoms with van der Waals surface area (Å²) in [6.07, 6.45) is 3.02.